The molecule has 0 aliphatic carbocycles. The first kappa shape index (κ1) is 13.1. The Labute approximate surface area is 113 Å². The maximum Gasteiger partial charge on any atom is 0.132 e. The monoisotopic (exact) mass is 252 g/mol. The third-order valence-electron chi connectivity index (χ3n) is 3.02. The third kappa shape index (κ3) is 2.90. The largest absolute Gasteiger partial charge is 0.329 e. The average molecular weight is 252 g/mol. The van der Waals surface area contributed by atoms with Gasteiger partial charge < -0.3 is 10.6 Å². The van der Waals surface area contributed by atoms with Gasteiger partial charge >= 0.3 is 0 Å². The van der Waals surface area contributed by atoms with Crippen molar-refractivity contribution in [1.82, 2.24) is 4.98 Å². The maximum absolute atomic E-state index is 8.79. The van der Waals surface area contributed by atoms with Gasteiger partial charge in [0.25, 0.3) is 0 Å². The van der Waals surface area contributed by atoms with Crippen molar-refractivity contribution in [2.45, 2.75) is 13.0 Å². The first-order valence-electron chi connectivity index (χ1n) is 6.07. The molecule has 2 N–H and O–H groups in total. The summed E-state index contributed by atoms with van der Waals surface area (Å²) in [4.78, 5) is 6.31. The van der Waals surface area contributed by atoms with Crippen molar-refractivity contribution in [3.8, 4) is 6.07 Å². The van der Waals surface area contributed by atoms with Crippen molar-refractivity contribution in [2.24, 2.45) is 5.73 Å². The first-order valence-corrected chi connectivity index (χ1v) is 6.07. The van der Waals surface area contributed by atoms with E-state index in [1.807, 2.05) is 43.1 Å². The van der Waals surface area contributed by atoms with E-state index in [9.17, 15) is 0 Å². The number of nitriles is 1. The number of anilines is 2. The summed E-state index contributed by atoms with van der Waals surface area (Å²) in [6.45, 7) is 1.95. The molecule has 19 heavy (non-hydrogen) atoms. The highest BCUT2D eigenvalue weighted by atomic mass is 15.2. The van der Waals surface area contributed by atoms with E-state index in [0.29, 0.717) is 5.56 Å². The Morgan fingerprint density at radius 2 is 1.95 bits per heavy atom. The second-order valence-electron chi connectivity index (χ2n) is 4.45. The van der Waals surface area contributed by atoms with Gasteiger partial charge in [0.1, 0.15) is 5.82 Å². The summed E-state index contributed by atoms with van der Waals surface area (Å²) < 4.78 is 0. The molecule has 0 saturated carbocycles. The van der Waals surface area contributed by atoms with E-state index in [4.69, 9.17) is 11.0 Å². The minimum Gasteiger partial charge on any atom is -0.329 e. The Morgan fingerprint density at radius 3 is 2.53 bits per heavy atom. The van der Waals surface area contributed by atoms with Gasteiger partial charge in [-0.1, -0.05) is 0 Å². The Balaban J connectivity index is 2.30. The zero-order valence-electron chi connectivity index (χ0n) is 11.0. The molecular weight excluding hydrogens is 236 g/mol. The molecule has 4 heteroatoms. The van der Waals surface area contributed by atoms with Crippen LogP contribution in [0.25, 0.3) is 0 Å². The topological polar surface area (TPSA) is 65.9 Å². The van der Waals surface area contributed by atoms with Gasteiger partial charge in [-0.25, -0.2) is 4.98 Å². The van der Waals surface area contributed by atoms with Crippen LogP contribution < -0.4 is 10.6 Å². The maximum atomic E-state index is 8.79. The molecule has 0 radical (unpaired) electrons. The number of nitrogens with two attached hydrogens (primary N) is 1. The van der Waals surface area contributed by atoms with E-state index in [-0.39, 0.29) is 6.04 Å². The van der Waals surface area contributed by atoms with Crippen LogP contribution in [-0.4, -0.2) is 12.0 Å². The van der Waals surface area contributed by atoms with Crippen LogP contribution in [0.5, 0.6) is 0 Å². The van der Waals surface area contributed by atoms with Crippen LogP contribution in [-0.2, 0) is 0 Å². The fourth-order valence-electron chi connectivity index (χ4n) is 1.79. The number of pyridine rings is 1. The Bertz CT molecular complexity index is 596. The number of nitrogens with zero attached hydrogens (tertiary/aromatic N) is 3. The quantitative estimate of drug-likeness (QED) is 0.912. The summed E-state index contributed by atoms with van der Waals surface area (Å²) in [5.41, 5.74) is 8.55. The molecule has 1 aromatic carbocycles. The van der Waals surface area contributed by atoms with Crippen LogP contribution in [0.1, 0.15) is 24.1 Å². The van der Waals surface area contributed by atoms with E-state index in [2.05, 4.69) is 11.1 Å². The summed E-state index contributed by atoms with van der Waals surface area (Å²) in [6, 6.07) is 13.4. The smallest absolute Gasteiger partial charge is 0.132 e. The van der Waals surface area contributed by atoms with Crippen molar-refractivity contribution in [3.63, 3.8) is 0 Å². The van der Waals surface area contributed by atoms with E-state index in [1.165, 1.54) is 0 Å². The molecule has 96 valence electrons. The zero-order valence-corrected chi connectivity index (χ0v) is 11.0. The fourth-order valence-corrected chi connectivity index (χ4v) is 1.79. The summed E-state index contributed by atoms with van der Waals surface area (Å²) in [5.74, 6) is 0.833. The molecule has 0 fully saturated rings. The van der Waals surface area contributed by atoms with Gasteiger partial charge in [0, 0.05) is 25.0 Å². The van der Waals surface area contributed by atoms with Gasteiger partial charge in [0.15, 0.2) is 0 Å². The van der Waals surface area contributed by atoms with E-state index < -0.39 is 0 Å². The summed E-state index contributed by atoms with van der Waals surface area (Å²) in [5, 5.41) is 8.79. The predicted octanol–water partition coefficient (Wildman–Crippen LogP) is 2.74. The highest BCUT2D eigenvalue weighted by molar-refractivity contribution is 5.60. The van der Waals surface area contributed by atoms with Crippen molar-refractivity contribution in [2.75, 3.05) is 11.9 Å². The summed E-state index contributed by atoms with van der Waals surface area (Å²) >= 11 is 0. The SMILES string of the molecule is CC(N)c1ccnc(N(C)c2ccc(C#N)cc2)c1. The molecular formula is C15H16N4. The number of rotatable bonds is 3. The molecule has 2 rings (SSSR count). The van der Waals surface area contributed by atoms with Crippen molar-refractivity contribution >= 4 is 11.5 Å². The van der Waals surface area contributed by atoms with Crippen molar-refractivity contribution in [3.05, 3.63) is 53.7 Å². The van der Waals surface area contributed by atoms with E-state index in [1.54, 1.807) is 18.3 Å². The number of hydrogen-bond acceptors (Lipinski definition) is 4. The van der Waals surface area contributed by atoms with Gasteiger partial charge in [-0.3, -0.25) is 0 Å². The van der Waals surface area contributed by atoms with Gasteiger partial charge in [-0.15, -0.1) is 0 Å². The summed E-state index contributed by atoms with van der Waals surface area (Å²) in [7, 11) is 1.94. The van der Waals surface area contributed by atoms with E-state index in [0.717, 1.165) is 17.1 Å². The number of benzene rings is 1. The lowest BCUT2D eigenvalue weighted by Crippen LogP contribution is -2.13. The molecule has 2 aromatic rings. The lowest BCUT2D eigenvalue weighted by Gasteiger charge is -2.19. The zero-order chi connectivity index (χ0) is 13.8. The van der Waals surface area contributed by atoms with Gasteiger partial charge in [-0.2, -0.15) is 5.26 Å². The lowest BCUT2D eigenvalue weighted by atomic mass is 10.1. The van der Waals surface area contributed by atoms with Crippen LogP contribution in [0.3, 0.4) is 0 Å². The van der Waals surface area contributed by atoms with Crippen LogP contribution in [0, 0.1) is 11.3 Å². The normalized spacial score (nSPS) is 11.7. The third-order valence-corrected chi connectivity index (χ3v) is 3.02. The highest BCUT2D eigenvalue weighted by Crippen LogP contribution is 2.23. The minimum atomic E-state index is -0.0175. The molecule has 1 heterocycles. The van der Waals surface area contributed by atoms with E-state index >= 15 is 0 Å². The van der Waals surface area contributed by atoms with Gasteiger partial charge in [0.2, 0.25) is 0 Å². The molecule has 4 nitrogen and oxygen atoms in total. The molecule has 0 spiro atoms. The highest BCUT2D eigenvalue weighted by Gasteiger charge is 2.07. The fraction of sp³-hybridized carbons (Fsp3) is 0.200. The van der Waals surface area contributed by atoms with Crippen LogP contribution in [0.4, 0.5) is 11.5 Å². The summed E-state index contributed by atoms with van der Waals surface area (Å²) in [6.07, 6.45) is 1.76. The van der Waals surface area contributed by atoms with Crippen LogP contribution in [0.2, 0.25) is 0 Å². The van der Waals surface area contributed by atoms with Crippen molar-refractivity contribution < 1.29 is 0 Å². The molecule has 1 atom stereocenters. The van der Waals surface area contributed by atoms with Gasteiger partial charge in [-0.05, 0) is 48.9 Å². The Hall–Kier alpha value is -2.38. The minimum absolute atomic E-state index is 0.0175. The standard InChI is InChI=1S/C15H16N4/c1-11(17)13-7-8-18-15(9-13)19(2)14-5-3-12(10-16)4-6-14/h3-9,11H,17H2,1-2H3. The van der Waals surface area contributed by atoms with Crippen LogP contribution in [0.15, 0.2) is 42.6 Å². The number of hydrogen-bond donors (Lipinski definition) is 1. The molecule has 1 unspecified atom stereocenters. The number of aromatic nitrogens is 1. The second kappa shape index (κ2) is 5.51. The molecule has 0 aliphatic heterocycles. The van der Waals surface area contributed by atoms with Crippen molar-refractivity contribution in [1.29, 1.82) is 5.26 Å². The predicted molar refractivity (Wildman–Crippen MR) is 76.1 cm³/mol. The Kier molecular flexibility index (Phi) is 3.79. The first-order chi connectivity index (χ1) is 9.11. The molecule has 0 aliphatic rings. The average Bonchev–Trinajstić information content (AvgIpc) is 2.46. The molecule has 0 saturated heterocycles. The molecule has 0 amide bonds. The lowest BCUT2D eigenvalue weighted by molar-refractivity contribution is 0.814. The van der Waals surface area contributed by atoms with Gasteiger partial charge in [0.05, 0.1) is 11.6 Å². The molecule has 0 bridgehead atoms. The second-order valence-corrected chi connectivity index (χ2v) is 4.45. The Morgan fingerprint density at radius 1 is 1.26 bits per heavy atom. The van der Waals surface area contributed by atoms with Crippen LogP contribution >= 0.6 is 0 Å². The molecule has 1 aromatic heterocycles.